The lowest BCUT2D eigenvalue weighted by Crippen LogP contribution is -2.01. The Morgan fingerprint density at radius 2 is 1.93 bits per heavy atom. The molecule has 2 heteroatoms. The van der Waals surface area contributed by atoms with Crippen LogP contribution in [0.4, 0.5) is 0 Å². The molecular formula is C12H14ClN. The molecule has 1 aromatic carbocycles. The van der Waals surface area contributed by atoms with Crippen molar-refractivity contribution in [3.63, 3.8) is 0 Å². The zero-order chi connectivity index (χ0) is 10.3. The molecule has 1 aromatic heterocycles. The average Bonchev–Trinajstić information content (AvgIpc) is 2.39. The number of rotatable bonds is 1. The van der Waals surface area contributed by atoms with Gasteiger partial charge in [0.05, 0.1) is 0 Å². The molecule has 1 nitrogen and oxygen atoms in total. The van der Waals surface area contributed by atoms with E-state index in [0.29, 0.717) is 6.04 Å². The van der Waals surface area contributed by atoms with Crippen LogP contribution in [0.25, 0.3) is 10.9 Å². The Morgan fingerprint density at radius 3 is 2.57 bits per heavy atom. The first kappa shape index (κ1) is 9.60. The molecule has 0 fully saturated rings. The fraction of sp³-hybridized carbons (Fsp3) is 0.333. The fourth-order valence-corrected chi connectivity index (χ4v) is 2.21. The standard InChI is InChI=1S/C12H14ClN/c1-8(2)14-9(3)6-10-7-11(13)4-5-12(10)14/h4-8H,1-3H3. The lowest BCUT2D eigenvalue weighted by atomic mass is 10.2. The molecule has 74 valence electrons. The molecule has 0 spiro atoms. The van der Waals surface area contributed by atoms with Crippen LogP contribution in [0, 0.1) is 6.92 Å². The Morgan fingerprint density at radius 1 is 1.21 bits per heavy atom. The summed E-state index contributed by atoms with van der Waals surface area (Å²) in [7, 11) is 0. The minimum Gasteiger partial charge on any atom is -0.342 e. The van der Waals surface area contributed by atoms with E-state index in [4.69, 9.17) is 11.6 Å². The molecule has 0 N–H and O–H groups in total. The minimum absolute atomic E-state index is 0.494. The molecule has 0 radical (unpaired) electrons. The highest BCUT2D eigenvalue weighted by Gasteiger charge is 2.07. The Kier molecular flexibility index (Phi) is 2.28. The van der Waals surface area contributed by atoms with Crippen molar-refractivity contribution in [3.8, 4) is 0 Å². The highest BCUT2D eigenvalue weighted by molar-refractivity contribution is 6.31. The van der Waals surface area contributed by atoms with E-state index in [1.54, 1.807) is 0 Å². The van der Waals surface area contributed by atoms with Gasteiger partial charge in [-0.1, -0.05) is 11.6 Å². The second-order valence-corrected chi connectivity index (χ2v) is 4.39. The van der Waals surface area contributed by atoms with Gasteiger partial charge in [-0.05, 0) is 45.0 Å². The number of hydrogen-bond donors (Lipinski definition) is 0. The molecule has 2 aromatic rings. The van der Waals surface area contributed by atoms with E-state index in [1.807, 2.05) is 12.1 Å². The van der Waals surface area contributed by atoms with Crippen molar-refractivity contribution in [1.82, 2.24) is 4.57 Å². The van der Waals surface area contributed by atoms with Gasteiger partial charge in [-0.15, -0.1) is 0 Å². The van der Waals surface area contributed by atoms with Gasteiger partial charge in [0.25, 0.3) is 0 Å². The molecule has 0 saturated heterocycles. The van der Waals surface area contributed by atoms with E-state index in [9.17, 15) is 0 Å². The molecule has 0 atom stereocenters. The minimum atomic E-state index is 0.494. The summed E-state index contributed by atoms with van der Waals surface area (Å²) in [5.41, 5.74) is 2.55. The normalized spacial score (nSPS) is 11.5. The van der Waals surface area contributed by atoms with E-state index in [0.717, 1.165) is 5.02 Å². The van der Waals surface area contributed by atoms with E-state index < -0.39 is 0 Å². The molecule has 0 aliphatic rings. The molecule has 2 rings (SSSR count). The first-order chi connectivity index (χ1) is 6.59. The van der Waals surface area contributed by atoms with E-state index in [2.05, 4.69) is 37.5 Å². The number of aryl methyl sites for hydroxylation is 1. The number of aromatic nitrogens is 1. The third-order valence-electron chi connectivity index (χ3n) is 2.51. The lowest BCUT2D eigenvalue weighted by molar-refractivity contribution is 0.608. The van der Waals surface area contributed by atoms with Crippen molar-refractivity contribution >= 4 is 22.5 Å². The molecule has 0 saturated carbocycles. The monoisotopic (exact) mass is 207 g/mol. The Hall–Kier alpha value is -0.950. The second-order valence-electron chi connectivity index (χ2n) is 3.95. The summed E-state index contributed by atoms with van der Waals surface area (Å²) in [6.07, 6.45) is 0. The maximum atomic E-state index is 5.95. The third-order valence-corrected chi connectivity index (χ3v) is 2.74. The highest BCUT2D eigenvalue weighted by atomic mass is 35.5. The fourth-order valence-electron chi connectivity index (χ4n) is 2.03. The Bertz CT molecular complexity index is 468. The molecule has 0 aliphatic heterocycles. The lowest BCUT2D eigenvalue weighted by Gasteiger charge is -2.12. The number of fused-ring (bicyclic) bond motifs is 1. The Balaban J connectivity index is 2.77. The van der Waals surface area contributed by atoms with Crippen molar-refractivity contribution < 1.29 is 0 Å². The van der Waals surface area contributed by atoms with Crippen LogP contribution in [0.15, 0.2) is 24.3 Å². The molecule has 1 heterocycles. The first-order valence-corrected chi connectivity index (χ1v) is 5.24. The summed E-state index contributed by atoms with van der Waals surface area (Å²) in [6, 6.07) is 8.73. The topological polar surface area (TPSA) is 4.93 Å². The van der Waals surface area contributed by atoms with Crippen molar-refractivity contribution in [2.45, 2.75) is 26.8 Å². The molecular weight excluding hydrogens is 194 g/mol. The summed E-state index contributed by atoms with van der Waals surface area (Å²) < 4.78 is 2.33. The average molecular weight is 208 g/mol. The van der Waals surface area contributed by atoms with Crippen molar-refractivity contribution in [3.05, 3.63) is 35.0 Å². The van der Waals surface area contributed by atoms with E-state index in [1.165, 1.54) is 16.6 Å². The van der Waals surface area contributed by atoms with E-state index >= 15 is 0 Å². The summed E-state index contributed by atoms with van der Waals surface area (Å²) in [5.74, 6) is 0. The van der Waals surface area contributed by atoms with Crippen LogP contribution in [-0.2, 0) is 0 Å². The van der Waals surface area contributed by atoms with Gasteiger partial charge in [0, 0.05) is 27.7 Å². The molecule has 0 amide bonds. The third kappa shape index (κ3) is 1.42. The summed E-state index contributed by atoms with van der Waals surface area (Å²) in [5, 5.41) is 2.03. The SMILES string of the molecule is Cc1cc2cc(Cl)ccc2n1C(C)C. The van der Waals surface area contributed by atoms with Gasteiger partial charge in [0.2, 0.25) is 0 Å². The molecule has 0 aliphatic carbocycles. The summed E-state index contributed by atoms with van der Waals surface area (Å²) >= 11 is 5.95. The van der Waals surface area contributed by atoms with Gasteiger partial charge in [-0.2, -0.15) is 0 Å². The number of hydrogen-bond acceptors (Lipinski definition) is 0. The summed E-state index contributed by atoms with van der Waals surface area (Å²) in [6.45, 7) is 6.52. The van der Waals surface area contributed by atoms with Crippen LogP contribution in [0.2, 0.25) is 5.02 Å². The van der Waals surface area contributed by atoms with Crippen molar-refractivity contribution in [2.75, 3.05) is 0 Å². The maximum absolute atomic E-state index is 5.95. The summed E-state index contributed by atoms with van der Waals surface area (Å²) in [4.78, 5) is 0. The van der Waals surface area contributed by atoms with Crippen molar-refractivity contribution in [1.29, 1.82) is 0 Å². The van der Waals surface area contributed by atoms with Crippen LogP contribution in [-0.4, -0.2) is 4.57 Å². The first-order valence-electron chi connectivity index (χ1n) is 4.86. The van der Waals surface area contributed by atoms with Gasteiger partial charge in [-0.3, -0.25) is 0 Å². The number of halogens is 1. The van der Waals surface area contributed by atoms with Crippen LogP contribution in [0.1, 0.15) is 25.6 Å². The highest BCUT2D eigenvalue weighted by Crippen LogP contribution is 2.25. The van der Waals surface area contributed by atoms with Crippen LogP contribution >= 0.6 is 11.6 Å². The van der Waals surface area contributed by atoms with Gasteiger partial charge in [0.15, 0.2) is 0 Å². The van der Waals surface area contributed by atoms with Gasteiger partial charge in [-0.25, -0.2) is 0 Å². The van der Waals surface area contributed by atoms with Crippen LogP contribution in [0.5, 0.6) is 0 Å². The maximum Gasteiger partial charge on any atom is 0.0485 e. The number of benzene rings is 1. The van der Waals surface area contributed by atoms with Crippen molar-refractivity contribution in [2.24, 2.45) is 0 Å². The molecule has 0 bridgehead atoms. The van der Waals surface area contributed by atoms with Gasteiger partial charge in [0.1, 0.15) is 0 Å². The van der Waals surface area contributed by atoms with E-state index in [-0.39, 0.29) is 0 Å². The van der Waals surface area contributed by atoms with Crippen LogP contribution in [0.3, 0.4) is 0 Å². The Labute approximate surface area is 89.3 Å². The van der Waals surface area contributed by atoms with Gasteiger partial charge >= 0.3 is 0 Å². The van der Waals surface area contributed by atoms with Gasteiger partial charge < -0.3 is 4.57 Å². The molecule has 0 unspecified atom stereocenters. The largest absolute Gasteiger partial charge is 0.342 e. The second kappa shape index (κ2) is 3.32. The zero-order valence-electron chi connectivity index (χ0n) is 8.71. The predicted octanol–water partition coefficient (Wildman–Crippen LogP) is 4.18. The quantitative estimate of drug-likeness (QED) is 0.661. The smallest absolute Gasteiger partial charge is 0.0485 e. The predicted molar refractivity (Wildman–Crippen MR) is 62.1 cm³/mol. The molecule has 14 heavy (non-hydrogen) atoms. The van der Waals surface area contributed by atoms with Crippen LogP contribution < -0.4 is 0 Å². The zero-order valence-corrected chi connectivity index (χ0v) is 9.47. The number of nitrogens with zero attached hydrogens (tertiary/aromatic N) is 1.